The summed E-state index contributed by atoms with van der Waals surface area (Å²) in [6.07, 6.45) is 2.54. The lowest BCUT2D eigenvalue weighted by Crippen LogP contribution is -2.50. The lowest BCUT2D eigenvalue weighted by Gasteiger charge is -2.39. The predicted octanol–water partition coefficient (Wildman–Crippen LogP) is 2.78. The van der Waals surface area contributed by atoms with Crippen molar-refractivity contribution in [3.05, 3.63) is 42.1 Å². The molecular weight excluding hydrogens is 300 g/mol. The first kappa shape index (κ1) is 13.8. The molecule has 1 saturated carbocycles. The molecule has 0 bridgehead atoms. The van der Waals surface area contributed by atoms with Gasteiger partial charge in [0, 0.05) is 31.5 Å². The fraction of sp³-hybridized carbons (Fsp3) is 0.389. The minimum Gasteiger partial charge on any atom is -0.355 e. The molecule has 122 valence electrons. The van der Waals surface area contributed by atoms with Crippen LogP contribution in [0.3, 0.4) is 0 Å². The minimum absolute atomic E-state index is 0.614. The Kier molecular flexibility index (Phi) is 3.14. The van der Waals surface area contributed by atoms with Gasteiger partial charge in [-0.15, -0.1) is 5.10 Å². The van der Waals surface area contributed by atoms with Gasteiger partial charge in [0.05, 0.1) is 16.7 Å². The molecule has 2 N–H and O–H groups in total. The van der Waals surface area contributed by atoms with Crippen LogP contribution >= 0.6 is 0 Å². The zero-order valence-electron chi connectivity index (χ0n) is 13.4. The molecule has 0 spiro atoms. The summed E-state index contributed by atoms with van der Waals surface area (Å²) in [6.45, 7) is 2.96. The van der Waals surface area contributed by atoms with E-state index in [0.29, 0.717) is 11.8 Å². The molecule has 1 aromatic carbocycles. The van der Waals surface area contributed by atoms with Crippen molar-refractivity contribution < 1.29 is 0 Å². The number of rotatable bonds is 5. The molecule has 2 aromatic heterocycles. The summed E-state index contributed by atoms with van der Waals surface area (Å²) < 4.78 is 0. The standard InChI is InChI=1S/C18H20N6/c1-2-4-16-15(3-1)20-18(21-16)19-9-12-10-24(11-12)17-8-7-14(22-23-17)13-5-6-13/h1-4,7-8,12-13H,5-6,9-11H2,(H2,19,20,21). The van der Waals surface area contributed by atoms with Crippen molar-refractivity contribution >= 4 is 22.8 Å². The van der Waals surface area contributed by atoms with Gasteiger partial charge in [0.1, 0.15) is 0 Å². The van der Waals surface area contributed by atoms with Gasteiger partial charge in [0.25, 0.3) is 0 Å². The van der Waals surface area contributed by atoms with Crippen LogP contribution < -0.4 is 10.2 Å². The third-order valence-corrected chi connectivity index (χ3v) is 4.90. The van der Waals surface area contributed by atoms with Gasteiger partial charge in [-0.25, -0.2) is 4.98 Å². The van der Waals surface area contributed by atoms with Crippen LogP contribution in [0.1, 0.15) is 24.5 Å². The maximum absolute atomic E-state index is 4.55. The largest absolute Gasteiger partial charge is 0.355 e. The Morgan fingerprint density at radius 3 is 2.71 bits per heavy atom. The van der Waals surface area contributed by atoms with Gasteiger partial charge in [0.15, 0.2) is 5.82 Å². The van der Waals surface area contributed by atoms with Gasteiger partial charge >= 0.3 is 0 Å². The highest BCUT2D eigenvalue weighted by Crippen LogP contribution is 2.38. The Labute approximate surface area is 140 Å². The fourth-order valence-corrected chi connectivity index (χ4v) is 3.26. The zero-order chi connectivity index (χ0) is 15.9. The molecule has 5 rings (SSSR count). The van der Waals surface area contributed by atoms with Crippen LogP contribution in [0.4, 0.5) is 11.8 Å². The molecule has 6 nitrogen and oxygen atoms in total. The highest BCUT2D eigenvalue weighted by Gasteiger charge is 2.29. The molecule has 1 aliphatic heterocycles. The highest BCUT2D eigenvalue weighted by molar-refractivity contribution is 5.77. The van der Waals surface area contributed by atoms with Crippen molar-refractivity contribution in [3.63, 3.8) is 0 Å². The first-order chi connectivity index (χ1) is 11.8. The number of hydrogen-bond acceptors (Lipinski definition) is 5. The summed E-state index contributed by atoms with van der Waals surface area (Å²) in [5, 5.41) is 12.2. The minimum atomic E-state index is 0.614. The molecule has 3 aromatic rings. The Balaban J connectivity index is 1.15. The van der Waals surface area contributed by atoms with E-state index in [0.717, 1.165) is 48.1 Å². The van der Waals surface area contributed by atoms with Crippen molar-refractivity contribution in [2.45, 2.75) is 18.8 Å². The molecule has 2 fully saturated rings. The van der Waals surface area contributed by atoms with Crippen LogP contribution in [0, 0.1) is 5.92 Å². The lowest BCUT2D eigenvalue weighted by atomic mass is 10.0. The predicted molar refractivity (Wildman–Crippen MR) is 94.3 cm³/mol. The van der Waals surface area contributed by atoms with Gasteiger partial charge in [0.2, 0.25) is 5.95 Å². The van der Waals surface area contributed by atoms with Gasteiger partial charge in [-0.3, -0.25) is 0 Å². The van der Waals surface area contributed by atoms with Crippen molar-refractivity contribution in [3.8, 4) is 0 Å². The lowest BCUT2D eigenvalue weighted by molar-refractivity contribution is 0.424. The Hall–Kier alpha value is -2.63. The van der Waals surface area contributed by atoms with E-state index < -0.39 is 0 Å². The number of H-pyrrole nitrogens is 1. The topological polar surface area (TPSA) is 69.7 Å². The molecule has 6 heteroatoms. The Morgan fingerprint density at radius 2 is 1.96 bits per heavy atom. The molecule has 0 amide bonds. The summed E-state index contributed by atoms with van der Waals surface area (Å²) in [5.74, 6) is 3.13. The van der Waals surface area contributed by atoms with Crippen LogP contribution in [0.25, 0.3) is 11.0 Å². The van der Waals surface area contributed by atoms with E-state index in [9.17, 15) is 0 Å². The van der Waals surface area contributed by atoms with Crippen molar-refractivity contribution in [2.24, 2.45) is 5.92 Å². The second-order valence-electron chi connectivity index (χ2n) is 6.85. The average Bonchev–Trinajstić information content (AvgIpc) is 3.33. The van der Waals surface area contributed by atoms with E-state index in [4.69, 9.17) is 0 Å². The van der Waals surface area contributed by atoms with E-state index in [1.54, 1.807) is 0 Å². The fourth-order valence-electron chi connectivity index (χ4n) is 3.26. The van der Waals surface area contributed by atoms with Gasteiger partial charge in [-0.1, -0.05) is 12.1 Å². The van der Waals surface area contributed by atoms with Crippen LogP contribution in [0.5, 0.6) is 0 Å². The van der Waals surface area contributed by atoms with Crippen molar-refractivity contribution in [2.75, 3.05) is 29.9 Å². The number of benzene rings is 1. The average molecular weight is 320 g/mol. The highest BCUT2D eigenvalue weighted by atomic mass is 15.3. The normalized spacial score (nSPS) is 17.9. The number of nitrogens with zero attached hydrogens (tertiary/aromatic N) is 4. The van der Waals surface area contributed by atoms with E-state index in [1.807, 2.05) is 24.3 Å². The van der Waals surface area contributed by atoms with Gasteiger partial charge in [-0.2, -0.15) is 5.10 Å². The van der Waals surface area contributed by atoms with Crippen LogP contribution in [0.15, 0.2) is 36.4 Å². The van der Waals surface area contributed by atoms with Crippen molar-refractivity contribution in [1.29, 1.82) is 0 Å². The van der Waals surface area contributed by atoms with Crippen LogP contribution in [-0.4, -0.2) is 39.8 Å². The summed E-state index contributed by atoms with van der Waals surface area (Å²) in [5.41, 5.74) is 3.23. The van der Waals surface area contributed by atoms with E-state index >= 15 is 0 Å². The summed E-state index contributed by atoms with van der Waals surface area (Å²) in [6, 6.07) is 12.3. The Morgan fingerprint density at radius 1 is 1.08 bits per heavy atom. The number of nitrogens with one attached hydrogen (secondary N) is 2. The van der Waals surface area contributed by atoms with Gasteiger partial charge < -0.3 is 15.2 Å². The number of hydrogen-bond donors (Lipinski definition) is 2. The van der Waals surface area contributed by atoms with Gasteiger partial charge in [-0.05, 0) is 37.1 Å². The monoisotopic (exact) mass is 320 g/mol. The van der Waals surface area contributed by atoms with Crippen LogP contribution in [-0.2, 0) is 0 Å². The molecule has 1 saturated heterocycles. The number of aromatic nitrogens is 4. The summed E-state index contributed by atoms with van der Waals surface area (Å²) in [4.78, 5) is 10.1. The SMILES string of the molecule is c1ccc2[nH]c(NCC3CN(c4ccc(C5CC5)nn4)C3)nc2c1. The second-order valence-corrected chi connectivity index (χ2v) is 6.85. The Bertz CT molecular complexity index is 812. The third-order valence-electron chi connectivity index (χ3n) is 4.90. The zero-order valence-corrected chi connectivity index (χ0v) is 13.4. The number of para-hydroxylation sites is 2. The molecule has 0 unspecified atom stereocenters. The molecule has 0 radical (unpaired) electrons. The molecule has 0 atom stereocenters. The number of anilines is 2. The van der Waals surface area contributed by atoms with E-state index in [2.05, 4.69) is 42.5 Å². The number of imidazole rings is 1. The molecular formula is C18H20N6. The maximum atomic E-state index is 4.55. The first-order valence-corrected chi connectivity index (χ1v) is 8.62. The molecule has 2 aliphatic rings. The van der Waals surface area contributed by atoms with E-state index in [-0.39, 0.29) is 0 Å². The first-order valence-electron chi connectivity index (χ1n) is 8.62. The van der Waals surface area contributed by atoms with Crippen molar-refractivity contribution in [1.82, 2.24) is 20.2 Å². The summed E-state index contributed by atoms with van der Waals surface area (Å²) >= 11 is 0. The number of aromatic amines is 1. The maximum Gasteiger partial charge on any atom is 0.201 e. The summed E-state index contributed by atoms with van der Waals surface area (Å²) in [7, 11) is 0. The van der Waals surface area contributed by atoms with E-state index in [1.165, 1.54) is 12.8 Å². The second kappa shape index (κ2) is 5.47. The molecule has 24 heavy (non-hydrogen) atoms. The quantitative estimate of drug-likeness (QED) is 0.756. The third kappa shape index (κ3) is 2.58. The van der Waals surface area contributed by atoms with Crippen LogP contribution in [0.2, 0.25) is 0 Å². The molecule has 3 heterocycles. The smallest absolute Gasteiger partial charge is 0.201 e. The number of fused-ring (bicyclic) bond motifs is 1. The molecule has 1 aliphatic carbocycles.